The van der Waals surface area contributed by atoms with Gasteiger partial charge in [-0.25, -0.2) is 4.79 Å². The summed E-state index contributed by atoms with van der Waals surface area (Å²) >= 11 is 1.61. The molecule has 6 heteroatoms. The third kappa shape index (κ3) is 7.13. The number of carboxylic acids is 1. The minimum absolute atomic E-state index is 0.0314. The van der Waals surface area contributed by atoms with E-state index in [9.17, 15) is 9.59 Å². The Labute approximate surface area is 129 Å². The second-order valence-corrected chi connectivity index (χ2v) is 6.48. The molecule has 0 unspecified atom stereocenters. The van der Waals surface area contributed by atoms with E-state index in [4.69, 9.17) is 5.11 Å². The van der Waals surface area contributed by atoms with E-state index in [0.717, 1.165) is 12.0 Å². The van der Waals surface area contributed by atoms with Gasteiger partial charge < -0.3 is 15.7 Å². The maximum absolute atomic E-state index is 11.8. The fraction of sp³-hybridized carbons (Fsp3) is 0.600. The third-order valence-electron chi connectivity index (χ3n) is 3.22. The highest BCUT2D eigenvalue weighted by molar-refractivity contribution is 7.08. The van der Waals surface area contributed by atoms with Gasteiger partial charge in [0.15, 0.2) is 0 Å². The van der Waals surface area contributed by atoms with Crippen LogP contribution in [0.3, 0.4) is 0 Å². The molecule has 0 saturated heterocycles. The van der Waals surface area contributed by atoms with Crippen molar-refractivity contribution in [3.05, 3.63) is 21.9 Å². The highest BCUT2D eigenvalue weighted by Gasteiger charge is 2.16. The van der Waals surface area contributed by atoms with Crippen LogP contribution in [-0.2, 0) is 11.3 Å². The molecular formula is C15H24N2O3S. The highest BCUT2D eigenvalue weighted by atomic mass is 32.1. The largest absolute Gasteiger partial charge is 0.481 e. The van der Waals surface area contributed by atoms with Crippen molar-refractivity contribution in [2.24, 2.45) is 11.8 Å². The smallest absolute Gasteiger partial charge is 0.315 e. The zero-order valence-corrected chi connectivity index (χ0v) is 13.6. The number of thiophene rings is 1. The van der Waals surface area contributed by atoms with Crippen LogP contribution in [0.1, 0.15) is 37.8 Å². The van der Waals surface area contributed by atoms with E-state index >= 15 is 0 Å². The normalized spacial score (nSPS) is 12.2. The molecule has 0 aliphatic rings. The summed E-state index contributed by atoms with van der Waals surface area (Å²) < 4.78 is 0. The monoisotopic (exact) mass is 312 g/mol. The first-order chi connectivity index (χ1) is 9.88. The van der Waals surface area contributed by atoms with Gasteiger partial charge in [-0.15, -0.1) is 0 Å². The predicted octanol–water partition coefficient (Wildman–Crippen LogP) is 2.99. The molecule has 0 aliphatic heterocycles. The van der Waals surface area contributed by atoms with Crippen LogP contribution in [0.15, 0.2) is 10.8 Å². The lowest BCUT2D eigenvalue weighted by Gasteiger charge is -2.18. The quantitative estimate of drug-likeness (QED) is 0.690. The molecule has 0 aliphatic carbocycles. The van der Waals surface area contributed by atoms with E-state index in [1.54, 1.807) is 11.3 Å². The molecular weight excluding hydrogens is 288 g/mol. The van der Waals surface area contributed by atoms with Crippen LogP contribution in [0.25, 0.3) is 0 Å². The number of nitrogens with one attached hydrogen (secondary N) is 2. The molecule has 1 aromatic rings. The molecule has 21 heavy (non-hydrogen) atoms. The van der Waals surface area contributed by atoms with Gasteiger partial charge in [-0.3, -0.25) is 4.79 Å². The van der Waals surface area contributed by atoms with Gasteiger partial charge in [0.05, 0.1) is 0 Å². The van der Waals surface area contributed by atoms with Gasteiger partial charge in [-0.1, -0.05) is 13.8 Å². The summed E-state index contributed by atoms with van der Waals surface area (Å²) in [6.07, 6.45) is 0.873. The Kier molecular flexibility index (Phi) is 7.22. The molecule has 3 N–H and O–H groups in total. The number of amides is 2. The van der Waals surface area contributed by atoms with Crippen LogP contribution in [0, 0.1) is 18.8 Å². The lowest BCUT2D eigenvalue weighted by molar-refractivity contribution is -0.138. The van der Waals surface area contributed by atoms with E-state index in [1.165, 1.54) is 5.56 Å². The van der Waals surface area contributed by atoms with Crippen molar-refractivity contribution in [1.82, 2.24) is 10.6 Å². The molecule has 0 fully saturated rings. The molecule has 2 amide bonds. The van der Waals surface area contributed by atoms with Gasteiger partial charge >= 0.3 is 12.0 Å². The first kappa shape index (κ1) is 17.5. The summed E-state index contributed by atoms with van der Waals surface area (Å²) in [4.78, 5) is 22.6. The number of rotatable bonds is 8. The zero-order chi connectivity index (χ0) is 15.8. The van der Waals surface area contributed by atoms with E-state index in [1.807, 2.05) is 31.5 Å². The Bertz CT molecular complexity index is 471. The summed E-state index contributed by atoms with van der Waals surface area (Å²) in [7, 11) is 0. The topological polar surface area (TPSA) is 78.4 Å². The van der Waals surface area contributed by atoms with Gasteiger partial charge in [0.2, 0.25) is 0 Å². The lowest BCUT2D eigenvalue weighted by atomic mass is 9.94. The lowest BCUT2D eigenvalue weighted by Crippen LogP contribution is -2.38. The molecule has 0 aromatic carbocycles. The minimum atomic E-state index is -0.822. The zero-order valence-electron chi connectivity index (χ0n) is 12.8. The van der Waals surface area contributed by atoms with Gasteiger partial charge in [0.25, 0.3) is 0 Å². The van der Waals surface area contributed by atoms with Crippen molar-refractivity contribution in [2.45, 2.75) is 40.2 Å². The van der Waals surface area contributed by atoms with Crippen molar-refractivity contribution in [2.75, 3.05) is 6.54 Å². The van der Waals surface area contributed by atoms with Crippen LogP contribution in [0.5, 0.6) is 0 Å². The molecule has 1 heterocycles. The number of carboxylic acid groups (broad SMARTS) is 1. The average molecular weight is 312 g/mol. The number of hydrogen-bond donors (Lipinski definition) is 3. The summed E-state index contributed by atoms with van der Waals surface area (Å²) in [6, 6.07) is -0.250. The number of carbonyl (C=O) groups excluding carboxylic acids is 1. The van der Waals surface area contributed by atoms with E-state index < -0.39 is 5.97 Å². The second kappa shape index (κ2) is 8.67. The fourth-order valence-electron chi connectivity index (χ4n) is 2.20. The predicted molar refractivity (Wildman–Crippen MR) is 84.5 cm³/mol. The van der Waals surface area contributed by atoms with Crippen molar-refractivity contribution in [3.63, 3.8) is 0 Å². The molecule has 1 atom stereocenters. The molecule has 0 spiro atoms. The van der Waals surface area contributed by atoms with Gasteiger partial charge in [-0.2, -0.15) is 11.3 Å². The van der Waals surface area contributed by atoms with Crippen LogP contribution < -0.4 is 10.6 Å². The molecule has 0 radical (unpaired) electrons. The van der Waals surface area contributed by atoms with Gasteiger partial charge in [0.1, 0.15) is 0 Å². The number of aliphatic carboxylic acids is 1. The first-order valence-corrected chi connectivity index (χ1v) is 8.08. The van der Waals surface area contributed by atoms with Crippen molar-refractivity contribution in [1.29, 1.82) is 0 Å². The Morgan fingerprint density at radius 1 is 1.29 bits per heavy atom. The van der Waals surface area contributed by atoms with Crippen molar-refractivity contribution < 1.29 is 14.7 Å². The standard InChI is InChI=1S/C15H24N2O3S/c1-10(2)4-12(5-14(18)19)6-16-15(20)17-7-13-9-21-8-11(13)3/h8-10,12H,4-7H2,1-3H3,(H,18,19)(H2,16,17,20)/t12-/m0/s1. The van der Waals surface area contributed by atoms with Crippen LogP contribution in [-0.4, -0.2) is 23.7 Å². The maximum Gasteiger partial charge on any atom is 0.315 e. The fourth-order valence-corrected chi connectivity index (χ4v) is 3.05. The van der Waals surface area contributed by atoms with E-state index in [2.05, 4.69) is 10.6 Å². The first-order valence-electron chi connectivity index (χ1n) is 7.13. The minimum Gasteiger partial charge on any atom is -0.481 e. The molecule has 0 saturated carbocycles. The SMILES string of the molecule is Cc1cscc1CNC(=O)NC[C@H](CC(=O)O)CC(C)C. The van der Waals surface area contributed by atoms with Gasteiger partial charge in [0, 0.05) is 19.5 Å². The Hall–Kier alpha value is -1.56. The summed E-state index contributed by atoms with van der Waals surface area (Å²) in [6.45, 7) is 6.99. The number of urea groups is 1. The van der Waals surface area contributed by atoms with E-state index in [0.29, 0.717) is 19.0 Å². The molecule has 1 rings (SSSR count). The van der Waals surface area contributed by atoms with Crippen molar-refractivity contribution in [3.8, 4) is 0 Å². The van der Waals surface area contributed by atoms with Crippen LogP contribution >= 0.6 is 11.3 Å². The van der Waals surface area contributed by atoms with Gasteiger partial charge in [-0.05, 0) is 47.1 Å². The molecule has 1 aromatic heterocycles. The maximum atomic E-state index is 11.8. The Morgan fingerprint density at radius 3 is 2.52 bits per heavy atom. The summed E-state index contributed by atoms with van der Waals surface area (Å²) in [5.41, 5.74) is 2.28. The Morgan fingerprint density at radius 2 is 2.00 bits per heavy atom. The average Bonchev–Trinajstić information content (AvgIpc) is 2.77. The van der Waals surface area contributed by atoms with Crippen LogP contribution in [0.4, 0.5) is 4.79 Å². The summed E-state index contributed by atoms with van der Waals surface area (Å²) in [5, 5.41) is 18.5. The molecule has 0 bridgehead atoms. The highest BCUT2D eigenvalue weighted by Crippen LogP contribution is 2.15. The Balaban J connectivity index is 2.35. The summed E-state index contributed by atoms with van der Waals surface area (Å²) in [5.74, 6) is -0.444. The van der Waals surface area contributed by atoms with Crippen LogP contribution in [0.2, 0.25) is 0 Å². The van der Waals surface area contributed by atoms with E-state index in [-0.39, 0.29) is 18.4 Å². The number of carbonyl (C=O) groups is 2. The number of hydrogen-bond acceptors (Lipinski definition) is 3. The van der Waals surface area contributed by atoms with Crippen molar-refractivity contribution >= 4 is 23.3 Å². The number of aryl methyl sites for hydroxylation is 1. The molecule has 5 nitrogen and oxygen atoms in total. The molecule has 118 valence electrons. The third-order valence-corrected chi connectivity index (χ3v) is 4.13. The second-order valence-electron chi connectivity index (χ2n) is 5.74.